The molecule has 6 heavy (non-hydrogen) atoms. The van der Waals surface area contributed by atoms with Gasteiger partial charge in [-0.05, 0) is 12.0 Å². The van der Waals surface area contributed by atoms with E-state index in [0.717, 1.165) is 18.6 Å². The summed E-state index contributed by atoms with van der Waals surface area (Å²) in [6.07, 6.45) is 0.830. The van der Waals surface area contributed by atoms with E-state index in [1.807, 2.05) is 6.92 Å². The molecule has 0 aromatic carbocycles. The van der Waals surface area contributed by atoms with Crippen LogP contribution in [0, 0.1) is 6.61 Å². The van der Waals surface area contributed by atoms with Crippen LogP contribution in [0.2, 0.25) is 0 Å². The van der Waals surface area contributed by atoms with Gasteiger partial charge in [-0.2, -0.15) is 0 Å². The lowest BCUT2D eigenvalue weighted by Gasteiger charge is -1.87. The van der Waals surface area contributed by atoms with E-state index < -0.39 is 0 Å². The van der Waals surface area contributed by atoms with Crippen molar-refractivity contribution in [3.05, 3.63) is 18.8 Å². The van der Waals surface area contributed by atoms with Gasteiger partial charge >= 0.3 is 0 Å². The van der Waals surface area contributed by atoms with E-state index in [9.17, 15) is 0 Å². The average Bonchev–Trinajstić information content (AvgIpc) is 1.65. The van der Waals surface area contributed by atoms with Gasteiger partial charge < -0.3 is 5.11 Å². The van der Waals surface area contributed by atoms with Crippen molar-refractivity contribution in [2.24, 2.45) is 0 Å². The van der Waals surface area contributed by atoms with E-state index >= 15 is 0 Å². The Bertz CT molecular complexity index is 41.9. The summed E-state index contributed by atoms with van der Waals surface area (Å²) in [4.78, 5) is 0. The first-order valence-electron chi connectivity index (χ1n) is 1.96. The van der Waals surface area contributed by atoms with Crippen molar-refractivity contribution in [1.29, 1.82) is 0 Å². The third-order valence-corrected chi connectivity index (χ3v) is 0.637. The van der Waals surface area contributed by atoms with Gasteiger partial charge in [-0.3, -0.25) is 0 Å². The van der Waals surface area contributed by atoms with Crippen LogP contribution in [0.15, 0.2) is 12.2 Å². The molecular weight excluding hydrogens is 76.1 g/mol. The molecule has 0 saturated carbocycles. The van der Waals surface area contributed by atoms with Crippen molar-refractivity contribution >= 4 is 0 Å². The van der Waals surface area contributed by atoms with Gasteiger partial charge in [-0.15, -0.1) is 0 Å². The van der Waals surface area contributed by atoms with E-state index in [0.29, 0.717) is 0 Å². The number of aliphatic hydroxyl groups excluding tert-OH is 1. The molecule has 0 rings (SSSR count). The summed E-state index contributed by atoms with van der Waals surface area (Å²) in [6, 6.07) is 0. The van der Waals surface area contributed by atoms with Gasteiger partial charge in [0.2, 0.25) is 0 Å². The van der Waals surface area contributed by atoms with Crippen LogP contribution in [0.1, 0.15) is 13.3 Å². The summed E-state index contributed by atoms with van der Waals surface area (Å²) >= 11 is 0. The standard InChI is InChI=1S/C5H9O/c1-3-5(2)4-6/h4,6H,2-3H2,1H3. The molecule has 0 saturated heterocycles. The molecule has 1 nitrogen and oxygen atoms in total. The SMILES string of the molecule is C=C([CH]O)CC. The predicted octanol–water partition coefficient (Wildman–Crippen LogP) is 1.49. The van der Waals surface area contributed by atoms with Crippen molar-refractivity contribution in [2.75, 3.05) is 0 Å². The highest BCUT2D eigenvalue weighted by atomic mass is 16.3. The zero-order chi connectivity index (χ0) is 4.99. The van der Waals surface area contributed by atoms with Crippen molar-refractivity contribution < 1.29 is 5.11 Å². The molecule has 0 aliphatic carbocycles. The van der Waals surface area contributed by atoms with Gasteiger partial charge in [0.25, 0.3) is 0 Å². The molecule has 0 aliphatic rings. The maximum atomic E-state index is 8.11. The molecular formula is C5H9O. The Balaban J connectivity index is 2.99. The van der Waals surface area contributed by atoms with Crippen molar-refractivity contribution in [3.8, 4) is 0 Å². The van der Waals surface area contributed by atoms with Crippen LogP contribution >= 0.6 is 0 Å². The lowest BCUT2D eigenvalue weighted by molar-refractivity contribution is 0.408. The average molecular weight is 85.1 g/mol. The molecule has 0 amide bonds. The molecule has 0 bridgehead atoms. The van der Waals surface area contributed by atoms with Crippen LogP contribution in [-0.2, 0) is 0 Å². The molecule has 0 aliphatic heterocycles. The minimum Gasteiger partial charge on any atom is -0.386 e. The van der Waals surface area contributed by atoms with E-state index in [2.05, 4.69) is 6.58 Å². The number of hydrogen-bond acceptors (Lipinski definition) is 1. The highest BCUT2D eigenvalue weighted by Gasteiger charge is 1.80. The van der Waals surface area contributed by atoms with Gasteiger partial charge in [0, 0.05) is 0 Å². The van der Waals surface area contributed by atoms with Crippen LogP contribution in [0.25, 0.3) is 0 Å². The Morgan fingerprint density at radius 1 is 2.00 bits per heavy atom. The first-order valence-corrected chi connectivity index (χ1v) is 1.96. The van der Waals surface area contributed by atoms with E-state index in [-0.39, 0.29) is 0 Å². The fourth-order valence-corrected chi connectivity index (χ4v) is 0.0913. The van der Waals surface area contributed by atoms with Gasteiger partial charge in [0.15, 0.2) is 0 Å². The van der Waals surface area contributed by atoms with E-state index in [1.54, 1.807) is 0 Å². The maximum absolute atomic E-state index is 8.11. The molecule has 0 fully saturated rings. The van der Waals surface area contributed by atoms with Crippen molar-refractivity contribution in [1.82, 2.24) is 0 Å². The normalized spacial score (nSPS) is 8.33. The second-order valence-electron chi connectivity index (χ2n) is 1.14. The monoisotopic (exact) mass is 85.1 g/mol. The minimum atomic E-state index is 0.773. The first-order chi connectivity index (χ1) is 2.81. The van der Waals surface area contributed by atoms with Gasteiger partial charge in [-0.25, -0.2) is 0 Å². The third-order valence-electron chi connectivity index (χ3n) is 0.637. The van der Waals surface area contributed by atoms with Crippen LogP contribution in [0.3, 0.4) is 0 Å². The third kappa shape index (κ3) is 1.97. The minimum absolute atomic E-state index is 0.773. The zero-order valence-corrected chi connectivity index (χ0v) is 3.94. The molecule has 1 radical (unpaired) electrons. The summed E-state index contributed by atoms with van der Waals surface area (Å²) in [5, 5.41) is 8.11. The molecule has 0 spiro atoms. The van der Waals surface area contributed by atoms with Gasteiger partial charge in [0.1, 0.15) is 6.61 Å². The lowest BCUT2D eigenvalue weighted by Crippen LogP contribution is -1.74. The smallest absolute Gasteiger partial charge is 0.104 e. The molecule has 1 N–H and O–H groups in total. The summed E-state index contributed by atoms with van der Waals surface area (Å²) < 4.78 is 0. The Kier molecular flexibility index (Phi) is 2.77. The topological polar surface area (TPSA) is 20.2 Å². The number of rotatable bonds is 2. The Morgan fingerprint density at radius 3 is 2.50 bits per heavy atom. The molecule has 0 heterocycles. The summed E-state index contributed by atoms with van der Waals surface area (Å²) in [5.74, 6) is 0. The molecule has 0 aromatic heterocycles. The highest BCUT2D eigenvalue weighted by molar-refractivity contribution is 4.99. The van der Waals surface area contributed by atoms with Crippen LogP contribution < -0.4 is 0 Å². The molecule has 0 unspecified atom stereocenters. The maximum Gasteiger partial charge on any atom is 0.104 e. The van der Waals surface area contributed by atoms with Crippen molar-refractivity contribution in [3.63, 3.8) is 0 Å². The molecule has 1 heteroatoms. The highest BCUT2D eigenvalue weighted by Crippen LogP contribution is 1.95. The predicted molar refractivity (Wildman–Crippen MR) is 25.7 cm³/mol. The Labute approximate surface area is 38.3 Å². The van der Waals surface area contributed by atoms with Crippen LogP contribution in [0.5, 0.6) is 0 Å². The first kappa shape index (κ1) is 5.70. The fraction of sp³-hybridized carbons (Fsp3) is 0.400. The quantitative estimate of drug-likeness (QED) is 0.538. The summed E-state index contributed by atoms with van der Waals surface area (Å²) in [5.41, 5.74) is 0.773. The van der Waals surface area contributed by atoms with Crippen molar-refractivity contribution in [2.45, 2.75) is 13.3 Å². The fourth-order valence-electron chi connectivity index (χ4n) is 0.0913. The second kappa shape index (κ2) is 2.91. The van der Waals surface area contributed by atoms with Gasteiger partial charge in [-0.1, -0.05) is 13.5 Å². The second-order valence-corrected chi connectivity index (χ2v) is 1.14. The molecule has 0 atom stereocenters. The largest absolute Gasteiger partial charge is 0.386 e. The zero-order valence-electron chi connectivity index (χ0n) is 3.94. The van der Waals surface area contributed by atoms with Crippen LogP contribution in [0.4, 0.5) is 0 Å². The Morgan fingerprint density at radius 2 is 2.50 bits per heavy atom. The number of hydrogen-bond donors (Lipinski definition) is 1. The molecule has 0 aromatic rings. The van der Waals surface area contributed by atoms with Gasteiger partial charge in [0.05, 0.1) is 0 Å². The lowest BCUT2D eigenvalue weighted by atomic mass is 10.3. The summed E-state index contributed by atoms with van der Waals surface area (Å²) in [7, 11) is 0. The van der Waals surface area contributed by atoms with E-state index in [4.69, 9.17) is 5.11 Å². The summed E-state index contributed by atoms with van der Waals surface area (Å²) in [6.45, 7) is 6.45. The molecule has 35 valence electrons. The van der Waals surface area contributed by atoms with E-state index in [1.165, 1.54) is 0 Å². The Hall–Kier alpha value is -0.300. The van der Waals surface area contributed by atoms with Crippen LogP contribution in [-0.4, -0.2) is 5.11 Å². The number of aliphatic hydroxyl groups is 1.